The second-order valence-corrected chi connectivity index (χ2v) is 6.22. The average Bonchev–Trinajstić information content (AvgIpc) is 3.31. The molecule has 3 nitrogen and oxygen atoms in total. The number of nitrogens with zero attached hydrogens (tertiary/aromatic N) is 1. The molecule has 4 heteroatoms. The summed E-state index contributed by atoms with van der Waals surface area (Å²) >= 11 is 0. The molecule has 0 spiro atoms. The molecule has 0 heterocycles. The Balaban J connectivity index is 0.00000161. The monoisotopic (exact) mass is 308 g/mol. The fraction of sp³-hybridized carbons (Fsp3) is 0.588. The van der Waals surface area contributed by atoms with E-state index in [1.54, 1.807) is 0 Å². The molecular weight excluding hydrogens is 284 g/mol. The molecule has 2 unspecified atom stereocenters. The largest absolute Gasteiger partial charge is 0.332 e. The van der Waals surface area contributed by atoms with Gasteiger partial charge in [-0.1, -0.05) is 31.2 Å². The lowest BCUT2D eigenvalue weighted by Crippen LogP contribution is -2.42. The fourth-order valence-electron chi connectivity index (χ4n) is 3.31. The third-order valence-corrected chi connectivity index (χ3v) is 4.64. The van der Waals surface area contributed by atoms with Crippen molar-refractivity contribution >= 4 is 18.3 Å². The van der Waals surface area contributed by atoms with Crippen LogP contribution in [0.25, 0.3) is 0 Å². The quantitative estimate of drug-likeness (QED) is 0.929. The lowest BCUT2D eigenvalue weighted by Gasteiger charge is -2.37. The Bertz CT molecular complexity index is 501. The van der Waals surface area contributed by atoms with Crippen molar-refractivity contribution in [3.8, 4) is 0 Å². The van der Waals surface area contributed by atoms with Crippen LogP contribution in [0.3, 0.4) is 0 Å². The summed E-state index contributed by atoms with van der Waals surface area (Å²) in [6, 6.07) is 9.34. The van der Waals surface area contributed by atoms with E-state index in [9.17, 15) is 4.79 Å². The normalized spacial score (nSPS) is 21.9. The van der Waals surface area contributed by atoms with Gasteiger partial charge in [0, 0.05) is 18.5 Å². The maximum absolute atomic E-state index is 12.7. The standard InChI is InChI=1S/C17H24N2O.ClH/c1-12(11-18)17(20)19(14-9-10-14)16-8-4-6-13-5-2-3-7-15(13)16;/h2-3,5,7,12,14,16H,4,6,8-11,18H2,1H3;1H. The Morgan fingerprint density at radius 2 is 2.05 bits per heavy atom. The zero-order valence-electron chi connectivity index (χ0n) is 12.6. The summed E-state index contributed by atoms with van der Waals surface area (Å²) in [5.74, 6) is 0.182. The highest BCUT2D eigenvalue weighted by Gasteiger charge is 2.40. The number of rotatable bonds is 4. The fourth-order valence-corrected chi connectivity index (χ4v) is 3.31. The van der Waals surface area contributed by atoms with Gasteiger partial charge < -0.3 is 10.6 Å². The molecule has 1 aromatic rings. The van der Waals surface area contributed by atoms with Gasteiger partial charge in [0.05, 0.1) is 6.04 Å². The maximum Gasteiger partial charge on any atom is 0.227 e. The second-order valence-electron chi connectivity index (χ2n) is 6.22. The van der Waals surface area contributed by atoms with Crippen LogP contribution in [0, 0.1) is 5.92 Å². The van der Waals surface area contributed by atoms with Crippen molar-refractivity contribution in [2.75, 3.05) is 6.54 Å². The second kappa shape index (κ2) is 6.80. The lowest BCUT2D eigenvalue weighted by atomic mass is 9.86. The molecule has 2 atom stereocenters. The van der Waals surface area contributed by atoms with Gasteiger partial charge in [0.1, 0.15) is 0 Å². The van der Waals surface area contributed by atoms with Crippen molar-refractivity contribution in [3.63, 3.8) is 0 Å². The first-order chi connectivity index (χ1) is 9.72. The SMILES string of the molecule is CC(CN)C(=O)N(C1CC1)C1CCCc2ccccc21.Cl. The van der Waals surface area contributed by atoms with Crippen LogP contribution in [0.15, 0.2) is 24.3 Å². The van der Waals surface area contributed by atoms with E-state index in [0.717, 1.165) is 25.7 Å². The summed E-state index contributed by atoms with van der Waals surface area (Å²) < 4.78 is 0. The van der Waals surface area contributed by atoms with E-state index in [-0.39, 0.29) is 30.3 Å². The van der Waals surface area contributed by atoms with E-state index in [1.807, 2.05) is 6.92 Å². The Morgan fingerprint density at radius 3 is 2.71 bits per heavy atom. The molecule has 1 fully saturated rings. The van der Waals surface area contributed by atoms with Crippen molar-refractivity contribution in [3.05, 3.63) is 35.4 Å². The van der Waals surface area contributed by atoms with Crippen LogP contribution in [0.4, 0.5) is 0 Å². The van der Waals surface area contributed by atoms with E-state index in [0.29, 0.717) is 12.6 Å². The van der Waals surface area contributed by atoms with Crippen LogP contribution in [-0.2, 0) is 11.2 Å². The van der Waals surface area contributed by atoms with Gasteiger partial charge >= 0.3 is 0 Å². The molecule has 0 aliphatic heterocycles. The third kappa shape index (κ3) is 3.24. The number of benzene rings is 1. The molecule has 0 saturated heterocycles. The molecule has 0 bridgehead atoms. The van der Waals surface area contributed by atoms with Gasteiger partial charge in [0.2, 0.25) is 5.91 Å². The highest BCUT2D eigenvalue weighted by molar-refractivity contribution is 5.85. The van der Waals surface area contributed by atoms with Gasteiger partial charge in [-0.15, -0.1) is 12.4 Å². The molecule has 2 aliphatic rings. The Labute approximate surface area is 133 Å². The Morgan fingerprint density at radius 1 is 1.33 bits per heavy atom. The van der Waals surface area contributed by atoms with Crippen molar-refractivity contribution < 1.29 is 4.79 Å². The summed E-state index contributed by atoms with van der Waals surface area (Å²) in [6.07, 6.45) is 5.72. The number of aryl methyl sites for hydroxylation is 1. The number of hydrogen-bond acceptors (Lipinski definition) is 2. The zero-order chi connectivity index (χ0) is 14.1. The lowest BCUT2D eigenvalue weighted by molar-refractivity contribution is -0.138. The number of amides is 1. The first-order valence-corrected chi connectivity index (χ1v) is 7.82. The molecule has 21 heavy (non-hydrogen) atoms. The predicted molar refractivity (Wildman–Crippen MR) is 87.5 cm³/mol. The van der Waals surface area contributed by atoms with Crippen LogP contribution >= 0.6 is 12.4 Å². The number of hydrogen-bond donors (Lipinski definition) is 1. The summed E-state index contributed by atoms with van der Waals surface area (Å²) in [6.45, 7) is 2.39. The maximum atomic E-state index is 12.7. The van der Waals surface area contributed by atoms with E-state index in [1.165, 1.54) is 17.5 Å². The minimum absolute atomic E-state index is 0. The van der Waals surface area contributed by atoms with Crippen molar-refractivity contribution in [2.45, 2.75) is 51.1 Å². The molecule has 116 valence electrons. The number of carbonyl (C=O) groups is 1. The Kier molecular flexibility index (Phi) is 5.28. The van der Waals surface area contributed by atoms with Crippen molar-refractivity contribution in [1.82, 2.24) is 4.90 Å². The zero-order valence-corrected chi connectivity index (χ0v) is 13.4. The minimum Gasteiger partial charge on any atom is -0.332 e. The van der Waals surface area contributed by atoms with Gasteiger partial charge in [-0.3, -0.25) is 4.79 Å². The molecule has 1 aromatic carbocycles. The first kappa shape index (κ1) is 16.3. The van der Waals surface area contributed by atoms with Gasteiger partial charge in [0.25, 0.3) is 0 Å². The van der Waals surface area contributed by atoms with Crippen LogP contribution in [0.5, 0.6) is 0 Å². The van der Waals surface area contributed by atoms with Gasteiger partial charge in [0.15, 0.2) is 0 Å². The van der Waals surface area contributed by atoms with E-state index >= 15 is 0 Å². The van der Waals surface area contributed by atoms with Crippen molar-refractivity contribution in [1.29, 1.82) is 0 Å². The number of nitrogens with two attached hydrogens (primary N) is 1. The molecule has 2 N–H and O–H groups in total. The summed E-state index contributed by atoms with van der Waals surface area (Å²) in [4.78, 5) is 14.9. The van der Waals surface area contributed by atoms with Crippen LogP contribution in [-0.4, -0.2) is 23.4 Å². The van der Waals surface area contributed by atoms with Crippen LogP contribution in [0.1, 0.15) is 49.8 Å². The first-order valence-electron chi connectivity index (χ1n) is 7.82. The molecule has 0 aromatic heterocycles. The summed E-state index contributed by atoms with van der Waals surface area (Å²) in [7, 11) is 0. The summed E-state index contributed by atoms with van der Waals surface area (Å²) in [5.41, 5.74) is 8.49. The van der Waals surface area contributed by atoms with Crippen LogP contribution in [0.2, 0.25) is 0 Å². The van der Waals surface area contributed by atoms with Crippen LogP contribution < -0.4 is 5.73 Å². The topological polar surface area (TPSA) is 46.3 Å². The van der Waals surface area contributed by atoms with Gasteiger partial charge in [-0.2, -0.15) is 0 Å². The van der Waals surface area contributed by atoms with E-state index in [2.05, 4.69) is 29.2 Å². The average molecular weight is 309 g/mol. The van der Waals surface area contributed by atoms with E-state index < -0.39 is 0 Å². The molecule has 1 amide bonds. The Hall–Kier alpha value is -1.06. The number of fused-ring (bicyclic) bond motifs is 1. The molecule has 0 radical (unpaired) electrons. The molecule has 2 aliphatic carbocycles. The number of halogens is 1. The summed E-state index contributed by atoms with van der Waals surface area (Å²) in [5, 5.41) is 0. The third-order valence-electron chi connectivity index (χ3n) is 4.64. The van der Waals surface area contributed by atoms with Gasteiger partial charge in [-0.25, -0.2) is 0 Å². The molecular formula is C17H25ClN2O. The number of carbonyl (C=O) groups excluding carboxylic acids is 1. The van der Waals surface area contributed by atoms with Crippen molar-refractivity contribution in [2.24, 2.45) is 11.7 Å². The predicted octanol–water partition coefficient (Wildman–Crippen LogP) is 3.07. The van der Waals surface area contributed by atoms with E-state index in [4.69, 9.17) is 5.73 Å². The highest BCUT2D eigenvalue weighted by atomic mass is 35.5. The smallest absolute Gasteiger partial charge is 0.227 e. The molecule has 3 rings (SSSR count). The minimum atomic E-state index is -0.0651. The highest BCUT2D eigenvalue weighted by Crippen LogP contribution is 2.41. The van der Waals surface area contributed by atoms with Gasteiger partial charge in [-0.05, 0) is 43.2 Å². The molecule has 1 saturated carbocycles.